The maximum atomic E-state index is 5.93. The molecule has 0 aliphatic heterocycles. The maximum Gasteiger partial charge on any atom is 0.171 e. The fourth-order valence-corrected chi connectivity index (χ4v) is 2.79. The van der Waals surface area contributed by atoms with Crippen LogP contribution in [-0.4, -0.2) is 9.97 Å². The first-order valence-electron chi connectivity index (χ1n) is 3.81. The number of hydrogen-bond acceptors (Lipinski definition) is 4. The molecule has 0 radical (unpaired) electrons. The second kappa shape index (κ2) is 4.37. The van der Waals surface area contributed by atoms with Crippen molar-refractivity contribution in [2.24, 2.45) is 0 Å². The average Bonchev–Trinajstić information content (AvgIpc) is 2.52. The molecule has 0 aliphatic rings. The monoisotopic (exact) mass is 367 g/mol. The van der Waals surface area contributed by atoms with Gasteiger partial charge in [-0.3, -0.25) is 0 Å². The van der Waals surface area contributed by atoms with E-state index in [0.717, 1.165) is 9.35 Å². The van der Waals surface area contributed by atoms with Crippen LogP contribution in [0, 0.1) is 0 Å². The van der Waals surface area contributed by atoms with E-state index in [1.54, 1.807) is 6.20 Å². The van der Waals surface area contributed by atoms with Crippen molar-refractivity contribution in [2.75, 3.05) is 5.73 Å². The molecule has 0 bridgehead atoms. The first-order chi connectivity index (χ1) is 7.08. The molecule has 0 aromatic carbocycles. The highest BCUT2D eigenvalue weighted by Crippen LogP contribution is 2.37. The molecule has 7 heteroatoms. The van der Waals surface area contributed by atoms with Crippen molar-refractivity contribution in [3.63, 3.8) is 0 Å². The molecular weight excluding hydrogens is 365 g/mol. The summed E-state index contributed by atoms with van der Waals surface area (Å²) in [5.74, 6) is 0.994. The third-order valence-corrected chi connectivity index (χ3v) is 4.72. The zero-order valence-electron chi connectivity index (χ0n) is 7.17. The summed E-state index contributed by atoms with van der Waals surface area (Å²) in [5.41, 5.74) is 5.66. The molecule has 0 atom stereocenters. The van der Waals surface area contributed by atoms with Crippen LogP contribution in [0.2, 0.25) is 4.34 Å². The predicted molar refractivity (Wildman–Crippen MR) is 70.2 cm³/mol. The molecule has 0 saturated carbocycles. The molecule has 2 N–H and O–H groups in total. The second-order valence-corrected chi connectivity index (χ2v) is 6.02. The van der Waals surface area contributed by atoms with Gasteiger partial charge in [-0.2, -0.15) is 0 Å². The van der Waals surface area contributed by atoms with Crippen LogP contribution in [-0.2, 0) is 0 Å². The van der Waals surface area contributed by atoms with Crippen molar-refractivity contribution in [1.82, 2.24) is 9.97 Å². The number of nitrogens with zero attached hydrogens (tertiary/aromatic N) is 2. The molecule has 3 nitrogen and oxygen atoms in total. The predicted octanol–water partition coefficient (Wildman–Crippen LogP) is 3.97. The number of nitrogen functional groups attached to an aromatic ring is 1. The van der Waals surface area contributed by atoms with E-state index in [0.29, 0.717) is 20.5 Å². The highest BCUT2D eigenvalue weighted by molar-refractivity contribution is 9.11. The Kier molecular flexibility index (Phi) is 3.30. The molecule has 15 heavy (non-hydrogen) atoms. The van der Waals surface area contributed by atoms with Gasteiger partial charge in [-0.25, -0.2) is 9.97 Å². The summed E-state index contributed by atoms with van der Waals surface area (Å²) >= 11 is 13.9. The molecule has 2 aromatic rings. The van der Waals surface area contributed by atoms with E-state index < -0.39 is 0 Å². The van der Waals surface area contributed by atoms with Gasteiger partial charge in [0.1, 0.15) is 10.2 Å². The van der Waals surface area contributed by atoms with E-state index in [4.69, 9.17) is 17.3 Å². The van der Waals surface area contributed by atoms with Gasteiger partial charge < -0.3 is 5.73 Å². The minimum atomic E-state index is 0.417. The molecule has 2 aromatic heterocycles. The van der Waals surface area contributed by atoms with Gasteiger partial charge in [0, 0.05) is 10.7 Å². The summed E-state index contributed by atoms with van der Waals surface area (Å²) in [5, 5.41) is 0. The van der Waals surface area contributed by atoms with Crippen LogP contribution in [0.15, 0.2) is 21.2 Å². The van der Waals surface area contributed by atoms with Crippen LogP contribution in [0.4, 0.5) is 5.82 Å². The Morgan fingerprint density at radius 2 is 2.07 bits per heavy atom. The van der Waals surface area contributed by atoms with Gasteiger partial charge in [-0.15, -0.1) is 11.3 Å². The van der Waals surface area contributed by atoms with Crippen molar-refractivity contribution in [1.29, 1.82) is 0 Å². The second-order valence-electron chi connectivity index (χ2n) is 2.66. The van der Waals surface area contributed by atoms with Crippen molar-refractivity contribution in [3.8, 4) is 10.7 Å². The van der Waals surface area contributed by atoms with E-state index in [2.05, 4.69) is 41.8 Å². The lowest BCUT2D eigenvalue weighted by molar-refractivity contribution is 1.18. The summed E-state index contributed by atoms with van der Waals surface area (Å²) in [7, 11) is 0. The van der Waals surface area contributed by atoms with Crippen molar-refractivity contribution < 1.29 is 0 Å². The molecule has 0 saturated heterocycles. The van der Waals surface area contributed by atoms with E-state index in [1.807, 2.05) is 6.07 Å². The Hall–Kier alpha value is -0.170. The van der Waals surface area contributed by atoms with Crippen molar-refractivity contribution in [2.45, 2.75) is 0 Å². The Morgan fingerprint density at radius 3 is 2.60 bits per heavy atom. The SMILES string of the molecule is Nc1nc(-c2cc(Br)c(Cl)s2)ncc1Br. The molecular formula is C8H4Br2ClN3S. The lowest BCUT2D eigenvalue weighted by atomic mass is 10.4. The smallest absolute Gasteiger partial charge is 0.171 e. The van der Waals surface area contributed by atoms with Crippen LogP contribution in [0.25, 0.3) is 10.7 Å². The summed E-state index contributed by atoms with van der Waals surface area (Å²) in [4.78, 5) is 9.19. The quantitative estimate of drug-likeness (QED) is 0.828. The number of rotatable bonds is 1. The zero-order valence-corrected chi connectivity index (χ0v) is 11.9. The Balaban J connectivity index is 2.49. The van der Waals surface area contributed by atoms with E-state index in [9.17, 15) is 0 Å². The van der Waals surface area contributed by atoms with Crippen LogP contribution >= 0.6 is 54.8 Å². The number of aromatic nitrogens is 2. The highest BCUT2D eigenvalue weighted by Gasteiger charge is 2.10. The summed E-state index contributed by atoms with van der Waals surface area (Å²) in [6, 6.07) is 1.87. The fraction of sp³-hybridized carbons (Fsp3) is 0. The van der Waals surface area contributed by atoms with Crippen LogP contribution in [0.5, 0.6) is 0 Å². The minimum absolute atomic E-state index is 0.417. The summed E-state index contributed by atoms with van der Waals surface area (Å²) < 4.78 is 2.21. The number of thiophene rings is 1. The molecule has 0 fully saturated rings. The Labute approximate surface area is 112 Å². The number of anilines is 1. The lowest BCUT2D eigenvalue weighted by Gasteiger charge is -1.98. The summed E-state index contributed by atoms with van der Waals surface area (Å²) in [6.07, 6.45) is 1.62. The Bertz CT molecular complexity index is 495. The van der Waals surface area contributed by atoms with Crippen molar-refractivity contribution in [3.05, 3.63) is 25.5 Å². The van der Waals surface area contributed by atoms with Gasteiger partial charge in [-0.05, 0) is 37.9 Å². The van der Waals surface area contributed by atoms with Gasteiger partial charge in [0.25, 0.3) is 0 Å². The van der Waals surface area contributed by atoms with E-state index in [-0.39, 0.29) is 0 Å². The lowest BCUT2D eigenvalue weighted by Crippen LogP contribution is -1.95. The molecule has 0 aliphatic carbocycles. The van der Waals surface area contributed by atoms with Gasteiger partial charge in [0.05, 0.1) is 9.35 Å². The number of halogens is 3. The molecule has 2 rings (SSSR count). The fourth-order valence-electron chi connectivity index (χ4n) is 0.956. The maximum absolute atomic E-state index is 5.93. The first kappa shape index (κ1) is 11.3. The first-order valence-corrected chi connectivity index (χ1v) is 6.59. The van der Waals surface area contributed by atoms with Gasteiger partial charge >= 0.3 is 0 Å². The molecule has 0 unspecified atom stereocenters. The molecule has 2 heterocycles. The summed E-state index contributed by atoms with van der Waals surface area (Å²) in [6.45, 7) is 0. The number of hydrogen-bond donors (Lipinski definition) is 1. The standard InChI is InChI=1S/C8H4Br2ClN3S/c9-3-1-5(15-6(3)11)8-13-2-4(10)7(12)14-8/h1-2H,(H2,12,13,14). The van der Waals surface area contributed by atoms with Gasteiger partial charge in [0.15, 0.2) is 5.82 Å². The molecule has 78 valence electrons. The van der Waals surface area contributed by atoms with Crippen LogP contribution in [0.3, 0.4) is 0 Å². The topological polar surface area (TPSA) is 51.8 Å². The molecule has 0 spiro atoms. The minimum Gasteiger partial charge on any atom is -0.383 e. The van der Waals surface area contributed by atoms with Crippen LogP contribution in [0.1, 0.15) is 0 Å². The third kappa shape index (κ3) is 2.33. The normalized spacial score (nSPS) is 10.6. The highest BCUT2D eigenvalue weighted by atomic mass is 79.9. The third-order valence-electron chi connectivity index (χ3n) is 1.64. The van der Waals surface area contributed by atoms with E-state index in [1.165, 1.54) is 11.3 Å². The number of nitrogens with two attached hydrogens (primary N) is 1. The van der Waals surface area contributed by atoms with Crippen molar-refractivity contribution >= 4 is 60.6 Å². The molecule has 0 amide bonds. The largest absolute Gasteiger partial charge is 0.383 e. The average molecular weight is 369 g/mol. The van der Waals surface area contributed by atoms with E-state index >= 15 is 0 Å². The van der Waals surface area contributed by atoms with Crippen LogP contribution < -0.4 is 5.73 Å². The zero-order chi connectivity index (χ0) is 11.0. The van der Waals surface area contributed by atoms with Gasteiger partial charge in [-0.1, -0.05) is 11.6 Å². The van der Waals surface area contributed by atoms with Gasteiger partial charge in [0.2, 0.25) is 0 Å². The Morgan fingerprint density at radius 1 is 1.33 bits per heavy atom.